The second-order valence-electron chi connectivity index (χ2n) is 7.19. The Hall–Kier alpha value is -3.10. The highest BCUT2D eigenvalue weighted by molar-refractivity contribution is 7.10. The summed E-state index contributed by atoms with van der Waals surface area (Å²) >= 11 is 7.14. The van der Waals surface area contributed by atoms with Crippen molar-refractivity contribution in [2.45, 2.75) is 19.1 Å². The third-order valence-corrected chi connectivity index (χ3v) is 6.49. The molecule has 1 N–H and O–H groups in total. The number of aliphatic hydroxyl groups excluding tert-OH is 1. The van der Waals surface area contributed by atoms with E-state index in [1.54, 1.807) is 18.4 Å². The van der Waals surface area contributed by atoms with Gasteiger partial charge in [0.25, 0.3) is 11.7 Å². The van der Waals surface area contributed by atoms with Crippen molar-refractivity contribution in [3.05, 3.63) is 92.1 Å². The molecule has 0 bridgehead atoms. The molecule has 9 heteroatoms. The normalized spacial score (nSPS) is 18.4. The molecule has 0 aliphatic carbocycles. The molecule has 1 saturated heterocycles. The Labute approximate surface area is 190 Å². The van der Waals surface area contributed by atoms with Crippen LogP contribution in [-0.2, 0) is 15.8 Å². The quantitative estimate of drug-likeness (QED) is 0.271. The summed E-state index contributed by atoms with van der Waals surface area (Å²) in [6.45, 7) is 1.76. The molecule has 164 valence electrons. The van der Waals surface area contributed by atoms with Gasteiger partial charge in [-0.3, -0.25) is 14.5 Å². The summed E-state index contributed by atoms with van der Waals surface area (Å²) in [5.41, 5.74) is -0.233. The molecular formula is C23H15ClF3NO3S. The molecule has 2 heterocycles. The van der Waals surface area contributed by atoms with Crippen molar-refractivity contribution >= 4 is 46.1 Å². The summed E-state index contributed by atoms with van der Waals surface area (Å²) < 4.78 is 39.9. The maximum Gasteiger partial charge on any atom is 0.416 e. The molecule has 1 fully saturated rings. The summed E-state index contributed by atoms with van der Waals surface area (Å²) in [4.78, 5) is 27.6. The number of ketones is 1. The fourth-order valence-corrected chi connectivity index (χ4v) is 4.76. The Morgan fingerprint density at radius 3 is 2.38 bits per heavy atom. The molecule has 32 heavy (non-hydrogen) atoms. The number of aryl methyl sites for hydroxylation is 1. The number of carbonyl (C=O) groups excluding carboxylic acids is 2. The minimum atomic E-state index is -4.62. The monoisotopic (exact) mass is 477 g/mol. The molecular weight excluding hydrogens is 463 g/mol. The highest BCUT2D eigenvalue weighted by Gasteiger charge is 2.48. The fraction of sp³-hybridized carbons (Fsp3) is 0.130. The summed E-state index contributed by atoms with van der Waals surface area (Å²) in [6, 6.07) is 10.9. The van der Waals surface area contributed by atoms with Gasteiger partial charge in [0.1, 0.15) is 11.8 Å². The maximum atomic E-state index is 13.3. The van der Waals surface area contributed by atoms with Crippen molar-refractivity contribution < 1.29 is 27.9 Å². The molecule has 1 aliphatic heterocycles. The Balaban J connectivity index is 1.94. The molecule has 1 atom stereocenters. The first kappa shape index (κ1) is 22.1. The molecule has 0 radical (unpaired) electrons. The lowest BCUT2D eigenvalue weighted by Gasteiger charge is -2.25. The van der Waals surface area contributed by atoms with E-state index < -0.39 is 35.2 Å². The first-order valence-corrected chi connectivity index (χ1v) is 10.6. The molecule has 1 aliphatic rings. The first-order chi connectivity index (χ1) is 15.1. The highest BCUT2D eigenvalue weighted by atomic mass is 35.5. The van der Waals surface area contributed by atoms with E-state index in [2.05, 4.69) is 0 Å². The van der Waals surface area contributed by atoms with Crippen molar-refractivity contribution in [2.75, 3.05) is 4.90 Å². The molecule has 2 aromatic carbocycles. The summed E-state index contributed by atoms with van der Waals surface area (Å²) in [7, 11) is 0. The van der Waals surface area contributed by atoms with E-state index in [1.165, 1.54) is 47.7 Å². The highest BCUT2D eigenvalue weighted by Crippen LogP contribution is 2.45. The second kappa shape index (κ2) is 8.11. The van der Waals surface area contributed by atoms with Crippen LogP contribution in [0, 0.1) is 6.92 Å². The van der Waals surface area contributed by atoms with E-state index in [-0.39, 0.29) is 16.8 Å². The van der Waals surface area contributed by atoms with Gasteiger partial charge in [-0.15, -0.1) is 11.3 Å². The van der Waals surface area contributed by atoms with Crippen LogP contribution in [0.2, 0.25) is 5.02 Å². The van der Waals surface area contributed by atoms with Crippen molar-refractivity contribution in [2.24, 2.45) is 0 Å². The number of nitrogens with zero attached hydrogens (tertiary/aromatic N) is 1. The van der Waals surface area contributed by atoms with E-state index >= 15 is 0 Å². The smallest absolute Gasteiger partial charge is 0.416 e. The van der Waals surface area contributed by atoms with Crippen LogP contribution in [-0.4, -0.2) is 16.8 Å². The standard InChI is InChI=1S/C23H15ClF3NO3S/c1-12-9-10-32-21(12)18-17(19(29)13-5-7-15(24)8-6-13)20(30)22(31)28(18)16-4-2-3-14(11-16)23(25,26)27/h2-11,18,29H,1H3/b19-17-. The summed E-state index contributed by atoms with van der Waals surface area (Å²) in [5, 5.41) is 13.1. The number of anilines is 1. The van der Waals surface area contributed by atoms with Gasteiger partial charge in [-0.1, -0.05) is 17.7 Å². The molecule has 4 nitrogen and oxygen atoms in total. The van der Waals surface area contributed by atoms with Crippen LogP contribution < -0.4 is 4.90 Å². The van der Waals surface area contributed by atoms with E-state index in [1.807, 2.05) is 0 Å². The van der Waals surface area contributed by atoms with Gasteiger partial charge in [-0.05, 0) is 66.4 Å². The maximum absolute atomic E-state index is 13.3. The zero-order valence-corrected chi connectivity index (χ0v) is 18.1. The molecule has 1 aromatic heterocycles. The van der Waals surface area contributed by atoms with Crippen LogP contribution in [0.4, 0.5) is 18.9 Å². The minimum absolute atomic E-state index is 0.0881. The lowest BCUT2D eigenvalue weighted by atomic mass is 9.98. The van der Waals surface area contributed by atoms with Gasteiger partial charge in [0, 0.05) is 21.2 Å². The van der Waals surface area contributed by atoms with Gasteiger partial charge < -0.3 is 5.11 Å². The average Bonchev–Trinajstić information content (AvgIpc) is 3.28. The molecule has 0 saturated carbocycles. The van der Waals surface area contributed by atoms with Crippen LogP contribution in [0.3, 0.4) is 0 Å². The Bertz CT molecular complexity index is 1250. The Morgan fingerprint density at radius 2 is 1.78 bits per heavy atom. The predicted molar refractivity (Wildman–Crippen MR) is 117 cm³/mol. The number of thiophene rings is 1. The topological polar surface area (TPSA) is 57.6 Å². The predicted octanol–water partition coefficient (Wildman–Crippen LogP) is 6.36. The van der Waals surface area contributed by atoms with E-state index in [9.17, 15) is 27.9 Å². The van der Waals surface area contributed by atoms with E-state index in [4.69, 9.17) is 11.6 Å². The van der Waals surface area contributed by atoms with E-state index in [0.717, 1.165) is 22.6 Å². The van der Waals surface area contributed by atoms with Gasteiger partial charge in [0.15, 0.2) is 0 Å². The number of aliphatic hydroxyl groups is 1. The lowest BCUT2D eigenvalue weighted by molar-refractivity contribution is -0.137. The molecule has 4 rings (SSSR count). The van der Waals surface area contributed by atoms with Crippen molar-refractivity contribution in [3.63, 3.8) is 0 Å². The SMILES string of the molecule is Cc1ccsc1C1/C(=C(/O)c2ccc(Cl)cc2)C(=O)C(=O)N1c1cccc(C(F)(F)F)c1. The van der Waals surface area contributed by atoms with Gasteiger partial charge in [-0.25, -0.2) is 0 Å². The number of carbonyl (C=O) groups is 2. The Morgan fingerprint density at radius 1 is 1.09 bits per heavy atom. The number of benzene rings is 2. The average molecular weight is 478 g/mol. The summed E-state index contributed by atoms with van der Waals surface area (Å²) in [6.07, 6.45) is -4.62. The third kappa shape index (κ3) is 3.80. The number of hydrogen-bond acceptors (Lipinski definition) is 4. The first-order valence-electron chi connectivity index (χ1n) is 9.38. The van der Waals surface area contributed by atoms with Crippen LogP contribution >= 0.6 is 22.9 Å². The zero-order valence-electron chi connectivity index (χ0n) is 16.5. The van der Waals surface area contributed by atoms with Crippen LogP contribution in [0.1, 0.15) is 27.6 Å². The number of amides is 1. The van der Waals surface area contributed by atoms with Crippen molar-refractivity contribution in [1.29, 1.82) is 0 Å². The largest absolute Gasteiger partial charge is 0.507 e. The number of hydrogen-bond donors (Lipinski definition) is 1. The molecule has 3 aromatic rings. The second-order valence-corrected chi connectivity index (χ2v) is 8.58. The lowest BCUT2D eigenvalue weighted by Crippen LogP contribution is -2.29. The van der Waals surface area contributed by atoms with Crippen molar-refractivity contribution in [1.82, 2.24) is 0 Å². The molecule has 0 spiro atoms. The van der Waals surface area contributed by atoms with Crippen LogP contribution in [0.25, 0.3) is 5.76 Å². The summed E-state index contributed by atoms with van der Waals surface area (Å²) in [5.74, 6) is -2.42. The number of rotatable bonds is 3. The van der Waals surface area contributed by atoms with Gasteiger partial charge in [0.05, 0.1) is 11.1 Å². The number of halogens is 4. The molecule has 1 amide bonds. The third-order valence-electron chi connectivity index (χ3n) is 5.16. The van der Waals surface area contributed by atoms with Crippen LogP contribution in [0.5, 0.6) is 0 Å². The van der Waals surface area contributed by atoms with Gasteiger partial charge in [0.2, 0.25) is 0 Å². The van der Waals surface area contributed by atoms with Crippen LogP contribution in [0.15, 0.2) is 65.6 Å². The van der Waals surface area contributed by atoms with Gasteiger partial charge in [-0.2, -0.15) is 13.2 Å². The minimum Gasteiger partial charge on any atom is -0.507 e. The number of Topliss-reactive ketones (excluding diaryl/α,β-unsaturated/α-hetero) is 1. The fourth-order valence-electron chi connectivity index (χ4n) is 3.61. The van der Waals surface area contributed by atoms with E-state index in [0.29, 0.717) is 9.90 Å². The Kier molecular flexibility index (Phi) is 5.60. The van der Waals surface area contributed by atoms with Crippen molar-refractivity contribution in [3.8, 4) is 0 Å². The number of alkyl halides is 3. The molecule has 1 unspecified atom stereocenters. The van der Waals surface area contributed by atoms with Gasteiger partial charge >= 0.3 is 6.18 Å². The zero-order chi connectivity index (χ0) is 23.2.